The van der Waals surface area contributed by atoms with Crippen LogP contribution in [0.2, 0.25) is 0 Å². The molecule has 2 rings (SSSR count). The monoisotopic (exact) mass is 210 g/mol. The summed E-state index contributed by atoms with van der Waals surface area (Å²) in [5, 5.41) is 6.25. The molecule has 86 valence electrons. The van der Waals surface area contributed by atoms with Gasteiger partial charge in [0.15, 0.2) is 0 Å². The molecule has 0 bridgehead atoms. The summed E-state index contributed by atoms with van der Waals surface area (Å²) in [7, 11) is 0. The maximum atomic E-state index is 11.7. The second-order valence-corrected chi connectivity index (χ2v) is 4.98. The molecule has 3 nitrogen and oxygen atoms in total. The zero-order chi connectivity index (χ0) is 10.5. The van der Waals surface area contributed by atoms with Crippen LogP contribution in [-0.4, -0.2) is 25.0 Å². The van der Waals surface area contributed by atoms with Crippen LogP contribution in [0.5, 0.6) is 0 Å². The van der Waals surface area contributed by atoms with Crippen LogP contribution in [-0.2, 0) is 4.79 Å². The van der Waals surface area contributed by atoms with Gasteiger partial charge >= 0.3 is 0 Å². The van der Waals surface area contributed by atoms with Gasteiger partial charge in [0.05, 0.1) is 6.04 Å². The lowest BCUT2D eigenvalue weighted by atomic mass is 9.96. The Morgan fingerprint density at radius 1 is 1.13 bits per heavy atom. The van der Waals surface area contributed by atoms with E-state index < -0.39 is 0 Å². The van der Waals surface area contributed by atoms with Crippen LogP contribution in [0.3, 0.4) is 0 Å². The fourth-order valence-corrected chi connectivity index (χ4v) is 2.51. The van der Waals surface area contributed by atoms with E-state index in [4.69, 9.17) is 0 Å². The van der Waals surface area contributed by atoms with Crippen LogP contribution in [0, 0.1) is 5.92 Å². The molecule has 1 aliphatic heterocycles. The molecule has 1 amide bonds. The average Bonchev–Trinajstić information content (AvgIpc) is 2.40. The Hall–Kier alpha value is -0.570. The summed E-state index contributed by atoms with van der Waals surface area (Å²) in [6.45, 7) is 1.91. The molecule has 0 aromatic carbocycles. The van der Waals surface area contributed by atoms with Gasteiger partial charge in [0.25, 0.3) is 0 Å². The van der Waals surface area contributed by atoms with Crippen molar-refractivity contribution in [2.45, 2.75) is 51.0 Å². The topological polar surface area (TPSA) is 41.1 Å². The van der Waals surface area contributed by atoms with Crippen molar-refractivity contribution in [3.8, 4) is 0 Å². The van der Waals surface area contributed by atoms with Crippen molar-refractivity contribution in [2.24, 2.45) is 5.92 Å². The summed E-state index contributed by atoms with van der Waals surface area (Å²) in [5.41, 5.74) is 0. The molecule has 1 aliphatic carbocycles. The summed E-state index contributed by atoms with van der Waals surface area (Å²) in [6.07, 6.45) is 8.66. The molecule has 2 N–H and O–H groups in total. The molecule has 2 aliphatic rings. The summed E-state index contributed by atoms with van der Waals surface area (Å²) in [6, 6.07) is 0.406. The number of carbonyl (C=O) groups is 1. The minimum absolute atomic E-state index is 0.272. The summed E-state index contributed by atoms with van der Waals surface area (Å²) in [4.78, 5) is 11.7. The van der Waals surface area contributed by atoms with E-state index >= 15 is 0 Å². The lowest BCUT2D eigenvalue weighted by Crippen LogP contribution is -2.57. The van der Waals surface area contributed by atoms with Crippen LogP contribution in [0.4, 0.5) is 0 Å². The SMILES string of the molecule is O=C(CC1CCCCCC1)NC1CNC1. The molecule has 1 saturated heterocycles. The number of nitrogens with one attached hydrogen (secondary N) is 2. The summed E-state index contributed by atoms with van der Waals surface area (Å²) in [5.74, 6) is 0.925. The zero-order valence-corrected chi connectivity index (χ0v) is 9.43. The first kappa shape index (κ1) is 10.9. The lowest BCUT2D eigenvalue weighted by molar-refractivity contribution is -0.123. The van der Waals surface area contributed by atoms with Gasteiger partial charge in [-0.25, -0.2) is 0 Å². The minimum Gasteiger partial charge on any atom is -0.351 e. The van der Waals surface area contributed by atoms with E-state index in [-0.39, 0.29) is 5.91 Å². The maximum Gasteiger partial charge on any atom is 0.220 e. The lowest BCUT2D eigenvalue weighted by Gasteiger charge is -2.28. The predicted octanol–water partition coefficient (Wildman–Crippen LogP) is 1.43. The standard InChI is InChI=1S/C12H22N2O/c15-12(14-11-8-13-9-11)7-10-5-3-1-2-4-6-10/h10-11,13H,1-9H2,(H,14,15). The normalized spacial score (nSPS) is 24.3. The Morgan fingerprint density at radius 3 is 2.33 bits per heavy atom. The fraction of sp³-hybridized carbons (Fsp3) is 0.917. The van der Waals surface area contributed by atoms with E-state index in [0.717, 1.165) is 19.5 Å². The molecule has 0 spiro atoms. The van der Waals surface area contributed by atoms with Crippen molar-refractivity contribution in [1.82, 2.24) is 10.6 Å². The molecule has 2 fully saturated rings. The van der Waals surface area contributed by atoms with E-state index in [9.17, 15) is 4.79 Å². The molecular formula is C12H22N2O. The Bertz CT molecular complexity index is 206. The number of hydrogen-bond donors (Lipinski definition) is 2. The molecule has 0 radical (unpaired) electrons. The van der Waals surface area contributed by atoms with Gasteiger partial charge in [0, 0.05) is 19.5 Å². The van der Waals surface area contributed by atoms with Crippen molar-refractivity contribution < 1.29 is 4.79 Å². The van der Waals surface area contributed by atoms with Crippen LogP contribution >= 0.6 is 0 Å². The largest absolute Gasteiger partial charge is 0.351 e. The number of rotatable bonds is 3. The average molecular weight is 210 g/mol. The molecular weight excluding hydrogens is 188 g/mol. The molecule has 0 aromatic rings. The number of carbonyl (C=O) groups excluding carboxylic acids is 1. The second-order valence-electron chi connectivity index (χ2n) is 4.98. The summed E-state index contributed by atoms with van der Waals surface area (Å²) < 4.78 is 0. The highest BCUT2D eigenvalue weighted by Crippen LogP contribution is 2.25. The van der Waals surface area contributed by atoms with Crippen molar-refractivity contribution in [3.05, 3.63) is 0 Å². The van der Waals surface area contributed by atoms with Crippen molar-refractivity contribution in [3.63, 3.8) is 0 Å². The Labute approximate surface area is 92.0 Å². The second kappa shape index (κ2) is 5.50. The van der Waals surface area contributed by atoms with Crippen molar-refractivity contribution in [1.29, 1.82) is 0 Å². The molecule has 1 saturated carbocycles. The number of amides is 1. The first-order chi connectivity index (χ1) is 7.34. The molecule has 0 aromatic heterocycles. The molecule has 3 heteroatoms. The van der Waals surface area contributed by atoms with Crippen LogP contribution in [0.25, 0.3) is 0 Å². The van der Waals surface area contributed by atoms with E-state index in [2.05, 4.69) is 10.6 Å². The minimum atomic E-state index is 0.272. The van der Waals surface area contributed by atoms with Crippen molar-refractivity contribution >= 4 is 5.91 Å². The highest BCUT2D eigenvalue weighted by atomic mass is 16.1. The first-order valence-electron chi connectivity index (χ1n) is 6.34. The van der Waals surface area contributed by atoms with Crippen LogP contribution in [0.1, 0.15) is 44.9 Å². The first-order valence-corrected chi connectivity index (χ1v) is 6.34. The number of hydrogen-bond acceptors (Lipinski definition) is 2. The van der Waals surface area contributed by atoms with Gasteiger partial charge in [-0.15, -0.1) is 0 Å². The van der Waals surface area contributed by atoms with Crippen LogP contribution < -0.4 is 10.6 Å². The third kappa shape index (κ3) is 3.49. The zero-order valence-electron chi connectivity index (χ0n) is 9.43. The molecule has 1 heterocycles. The third-order valence-corrected chi connectivity index (χ3v) is 3.60. The Morgan fingerprint density at radius 2 is 1.80 bits per heavy atom. The fourth-order valence-electron chi connectivity index (χ4n) is 2.51. The molecule has 15 heavy (non-hydrogen) atoms. The molecule has 0 unspecified atom stereocenters. The van der Waals surface area contributed by atoms with E-state index in [1.165, 1.54) is 38.5 Å². The van der Waals surface area contributed by atoms with Gasteiger partial charge in [-0.05, 0) is 18.8 Å². The maximum absolute atomic E-state index is 11.7. The van der Waals surface area contributed by atoms with Gasteiger partial charge in [0.2, 0.25) is 5.91 Å². The Balaban J connectivity index is 1.67. The highest BCUT2D eigenvalue weighted by Gasteiger charge is 2.21. The van der Waals surface area contributed by atoms with Gasteiger partial charge in [-0.3, -0.25) is 4.79 Å². The third-order valence-electron chi connectivity index (χ3n) is 3.60. The molecule has 0 atom stereocenters. The predicted molar refractivity (Wildman–Crippen MR) is 60.6 cm³/mol. The van der Waals surface area contributed by atoms with E-state index in [1.54, 1.807) is 0 Å². The van der Waals surface area contributed by atoms with E-state index in [0.29, 0.717) is 12.0 Å². The quantitative estimate of drug-likeness (QED) is 0.692. The Kier molecular flexibility index (Phi) is 4.01. The van der Waals surface area contributed by atoms with E-state index in [1.807, 2.05) is 0 Å². The van der Waals surface area contributed by atoms with Crippen LogP contribution in [0.15, 0.2) is 0 Å². The van der Waals surface area contributed by atoms with Gasteiger partial charge in [-0.1, -0.05) is 25.7 Å². The van der Waals surface area contributed by atoms with Gasteiger partial charge in [-0.2, -0.15) is 0 Å². The smallest absolute Gasteiger partial charge is 0.220 e. The van der Waals surface area contributed by atoms with Gasteiger partial charge in [0.1, 0.15) is 0 Å². The van der Waals surface area contributed by atoms with Gasteiger partial charge < -0.3 is 10.6 Å². The van der Waals surface area contributed by atoms with Crippen molar-refractivity contribution in [2.75, 3.05) is 13.1 Å². The highest BCUT2D eigenvalue weighted by molar-refractivity contribution is 5.76. The summed E-state index contributed by atoms with van der Waals surface area (Å²) >= 11 is 0.